The highest BCUT2D eigenvalue weighted by atomic mass is 19.4. The maximum absolute atomic E-state index is 11.8. The molecule has 0 fully saturated rings. The van der Waals surface area contributed by atoms with Crippen molar-refractivity contribution in [1.82, 2.24) is 0 Å². The van der Waals surface area contributed by atoms with Gasteiger partial charge in [0.2, 0.25) is 0 Å². The number of hydrogen-bond donors (Lipinski definition) is 1. The largest absolute Gasteiger partial charge is 0.494 e. The summed E-state index contributed by atoms with van der Waals surface area (Å²) in [7, 11) is 0. The number of halogens is 3. The van der Waals surface area contributed by atoms with Gasteiger partial charge in [0.1, 0.15) is 12.4 Å². The Bertz CT molecular complexity index is 360. The number of hydrogen-bond acceptors (Lipinski definition) is 3. The minimum Gasteiger partial charge on any atom is -0.494 e. The fraction of sp³-hybridized carbons (Fsp3) is 0.538. The first-order valence-corrected chi connectivity index (χ1v) is 5.94. The van der Waals surface area contributed by atoms with Gasteiger partial charge in [0.05, 0.1) is 19.3 Å². The minimum atomic E-state index is -4.28. The molecule has 0 spiro atoms. The van der Waals surface area contributed by atoms with Crippen LogP contribution in [0.4, 0.5) is 13.2 Å². The summed E-state index contributed by atoms with van der Waals surface area (Å²) in [5.74, 6) is 0.611. The predicted molar refractivity (Wildman–Crippen MR) is 64.1 cm³/mol. The van der Waals surface area contributed by atoms with E-state index in [9.17, 15) is 18.3 Å². The normalized spacial score (nSPS) is 13.3. The van der Waals surface area contributed by atoms with Gasteiger partial charge in [0.15, 0.2) is 0 Å². The fourth-order valence-corrected chi connectivity index (χ4v) is 1.38. The summed E-state index contributed by atoms with van der Waals surface area (Å²) in [5, 5.41) is 9.30. The van der Waals surface area contributed by atoms with Gasteiger partial charge in [-0.1, -0.05) is 12.1 Å². The molecular weight excluding hydrogens is 261 g/mol. The molecule has 108 valence electrons. The average molecular weight is 278 g/mol. The van der Waals surface area contributed by atoms with E-state index in [0.29, 0.717) is 12.2 Å². The number of aliphatic hydroxyl groups excluding tert-OH is 1. The Kier molecular flexibility index (Phi) is 6.11. The molecule has 0 aromatic heterocycles. The van der Waals surface area contributed by atoms with Gasteiger partial charge in [-0.3, -0.25) is 0 Å². The third-order valence-electron chi connectivity index (χ3n) is 2.33. The summed E-state index contributed by atoms with van der Waals surface area (Å²) in [6.07, 6.45) is -4.43. The second-order valence-corrected chi connectivity index (χ2v) is 4.11. The van der Waals surface area contributed by atoms with Gasteiger partial charge in [-0.05, 0) is 24.6 Å². The van der Waals surface area contributed by atoms with E-state index in [4.69, 9.17) is 4.74 Å². The fourth-order valence-electron chi connectivity index (χ4n) is 1.38. The van der Waals surface area contributed by atoms with Crippen LogP contribution in [0.15, 0.2) is 24.3 Å². The van der Waals surface area contributed by atoms with Gasteiger partial charge >= 0.3 is 6.18 Å². The molecule has 0 aliphatic rings. The minimum absolute atomic E-state index is 0.00523. The molecule has 0 saturated carbocycles. The molecule has 3 nitrogen and oxygen atoms in total. The molecule has 0 heterocycles. The van der Waals surface area contributed by atoms with E-state index in [-0.39, 0.29) is 13.2 Å². The second kappa shape index (κ2) is 7.35. The van der Waals surface area contributed by atoms with Crippen LogP contribution < -0.4 is 4.74 Å². The summed E-state index contributed by atoms with van der Waals surface area (Å²) in [4.78, 5) is 0. The van der Waals surface area contributed by atoms with Crippen molar-refractivity contribution in [2.24, 2.45) is 0 Å². The van der Waals surface area contributed by atoms with E-state index < -0.39 is 18.9 Å². The molecule has 0 bridgehead atoms. The Hall–Kier alpha value is -1.27. The Labute approximate surface area is 110 Å². The van der Waals surface area contributed by atoms with E-state index in [2.05, 4.69) is 4.74 Å². The maximum Gasteiger partial charge on any atom is 0.411 e. The van der Waals surface area contributed by atoms with Gasteiger partial charge in [-0.2, -0.15) is 13.2 Å². The molecule has 6 heteroatoms. The van der Waals surface area contributed by atoms with Gasteiger partial charge in [-0.25, -0.2) is 0 Å². The van der Waals surface area contributed by atoms with Crippen LogP contribution in [0.1, 0.15) is 25.0 Å². The molecule has 1 unspecified atom stereocenters. The van der Waals surface area contributed by atoms with Gasteiger partial charge in [-0.15, -0.1) is 0 Å². The molecular formula is C13H17F3O3. The number of rotatable bonds is 7. The Morgan fingerprint density at radius 1 is 1.16 bits per heavy atom. The molecule has 1 aromatic rings. The van der Waals surface area contributed by atoms with Crippen molar-refractivity contribution < 1.29 is 27.8 Å². The SMILES string of the molecule is CC(O)c1ccc(OCCCOCC(F)(F)F)cc1. The van der Waals surface area contributed by atoms with Crippen LogP contribution in [0.2, 0.25) is 0 Å². The van der Waals surface area contributed by atoms with E-state index in [1.807, 2.05) is 0 Å². The maximum atomic E-state index is 11.8. The molecule has 1 aromatic carbocycles. The van der Waals surface area contributed by atoms with Crippen LogP contribution >= 0.6 is 0 Å². The highest BCUT2D eigenvalue weighted by Crippen LogP contribution is 2.17. The molecule has 0 amide bonds. The van der Waals surface area contributed by atoms with Crippen molar-refractivity contribution in [3.05, 3.63) is 29.8 Å². The highest BCUT2D eigenvalue weighted by Gasteiger charge is 2.27. The number of aliphatic hydroxyl groups is 1. The van der Waals surface area contributed by atoms with E-state index in [1.54, 1.807) is 31.2 Å². The molecule has 19 heavy (non-hydrogen) atoms. The third kappa shape index (κ3) is 7.03. The number of benzene rings is 1. The van der Waals surface area contributed by atoms with Crippen LogP contribution in [0, 0.1) is 0 Å². The Morgan fingerprint density at radius 3 is 2.32 bits per heavy atom. The summed E-state index contributed by atoms with van der Waals surface area (Å²) >= 11 is 0. The lowest BCUT2D eigenvalue weighted by Crippen LogP contribution is -2.18. The number of alkyl halides is 3. The van der Waals surface area contributed by atoms with E-state index in [0.717, 1.165) is 5.56 Å². The zero-order chi connectivity index (χ0) is 14.3. The van der Waals surface area contributed by atoms with Gasteiger partial charge in [0, 0.05) is 6.42 Å². The quantitative estimate of drug-likeness (QED) is 0.779. The Balaban J connectivity index is 2.16. The van der Waals surface area contributed by atoms with Crippen LogP contribution in [0.3, 0.4) is 0 Å². The first-order valence-electron chi connectivity index (χ1n) is 5.94. The highest BCUT2D eigenvalue weighted by molar-refractivity contribution is 5.28. The second-order valence-electron chi connectivity index (χ2n) is 4.11. The van der Waals surface area contributed by atoms with Crippen molar-refractivity contribution >= 4 is 0 Å². The monoisotopic (exact) mass is 278 g/mol. The van der Waals surface area contributed by atoms with Crippen LogP contribution in [0.5, 0.6) is 5.75 Å². The van der Waals surface area contributed by atoms with Crippen molar-refractivity contribution in [3.63, 3.8) is 0 Å². The molecule has 1 rings (SSSR count). The summed E-state index contributed by atoms with van der Waals surface area (Å²) < 4.78 is 45.0. The van der Waals surface area contributed by atoms with Crippen molar-refractivity contribution in [2.75, 3.05) is 19.8 Å². The van der Waals surface area contributed by atoms with Crippen LogP contribution in [-0.4, -0.2) is 31.1 Å². The lowest BCUT2D eigenvalue weighted by molar-refractivity contribution is -0.174. The van der Waals surface area contributed by atoms with E-state index >= 15 is 0 Å². The molecule has 0 radical (unpaired) electrons. The molecule has 0 saturated heterocycles. The summed E-state index contributed by atoms with van der Waals surface area (Å²) in [5.41, 5.74) is 0.779. The van der Waals surface area contributed by atoms with Gasteiger partial charge in [0.25, 0.3) is 0 Å². The zero-order valence-corrected chi connectivity index (χ0v) is 10.6. The van der Waals surface area contributed by atoms with Crippen molar-refractivity contribution in [2.45, 2.75) is 25.6 Å². The lowest BCUT2D eigenvalue weighted by atomic mass is 10.1. The molecule has 1 N–H and O–H groups in total. The standard InChI is InChI=1S/C13H17F3O3/c1-10(17)11-3-5-12(6-4-11)19-8-2-7-18-9-13(14,15)16/h3-6,10,17H,2,7-9H2,1H3. The number of ether oxygens (including phenoxy) is 2. The zero-order valence-electron chi connectivity index (χ0n) is 10.6. The summed E-state index contributed by atoms with van der Waals surface area (Å²) in [6, 6.07) is 6.89. The third-order valence-corrected chi connectivity index (χ3v) is 2.33. The van der Waals surface area contributed by atoms with E-state index in [1.165, 1.54) is 0 Å². The molecule has 1 atom stereocenters. The first kappa shape index (κ1) is 15.8. The topological polar surface area (TPSA) is 38.7 Å². The molecule has 0 aliphatic heterocycles. The first-order chi connectivity index (χ1) is 8.88. The van der Waals surface area contributed by atoms with Crippen molar-refractivity contribution in [3.8, 4) is 5.75 Å². The van der Waals surface area contributed by atoms with Crippen LogP contribution in [-0.2, 0) is 4.74 Å². The lowest BCUT2D eigenvalue weighted by Gasteiger charge is -2.09. The molecule has 0 aliphatic carbocycles. The Morgan fingerprint density at radius 2 is 1.79 bits per heavy atom. The summed E-state index contributed by atoms with van der Waals surface area (Å²) in [6.45, 7) is 0.723. The van der Waals surface area contributed by atoms with Crippen LogP contribution in [0.25, 0.3) is 0 Å². The average Bonchev–Trinajstić information content (AvgIpc) is 2.33. The van der Waals surface area contributed by atoms with Gasteiger partial charge < -0.3 is 14.6 Å². The van der Waals surface area contributed by atoms with Crippen molar-refractivity contribution in [1.29, 1.82) is 0 Å². The smallest absolute Gasteiger partial charge is 0.411 e. The predicted octanol–water partition coefficient (Wildman–Crippen LogP) is 3.09.